The normalized spacial score (nSPS) is 11.1. The van der Waals surface area contributed by atoms with Crippen LogP contribution in [-0.4, -0.2) is 37.1 Å². The van der Waals surface area contributed by atoms with Crippen LogP contribution in [0.2, 0.25) is 0 Å². The molecule has 0 atom stereocenters. The minimum absolute atomic E-state index is 0.00851. The van der Waals surface area contributed by atoms with E-state index in [-0.39, 0.29) is 23.3 Å². The van der Waals surface area contributed by atoms with E-state index in [0.717, 1.165) is 11.1 Å². The number of para-hydroxylation sites is 1. The third-order valence-corrected chi connectivity index (χ3v) is 6.32. The number of amides is 1. The summed E-state index contributed by atoms with van der Waals surface area (Å²) in [5, 5.41) is 1.09. The van der Waals surface area contributed by atoms with Crippen molar-refractivity contribution in [3.63, 3.8) is 0 Å². The van der Waals surface area contributed by atoms with Crippen molar-refractivity contribution in [2.75, 3.05) is 5.75 Å². The molecule has 0 aliphatic heterocycles. The lowest BCUT2D eigenvalue weighted by Crippen LogP contribution is -2.37. The van der Waals surface area contributed by atoms with Crippen LogP contribution in [0.5, 0.6) is 0 Å². The quantitative estimate of drug-likeness (QED) is 0.290. The molecule has 168 valence electrons. The lowest BCUT2D eigenvalue weighted by Gasteiger charge is -2.27. The van der Waals surface area contributed by atoms with Crippen LogP contribution in [-0.2, 0) is 17.9 Å². The molecule has 4 aromatic rings. The SMILES string of the molecule is CC(C)N(Cc1ccccc1)C(=O)CSc1nc2ccccc2c(=O)n1Cc1cccnc1. The van der Waals surface area contributed by atoms with Crippen molar-refractivity contribution in [3.05, 3.63) is 101 Å². The van der Waals surface area contributed by atoms with Crippen molar-refractivity contribution in [1.82, 2.24) is 19.4 Å². The lowest BCUT2D eigenvalue weighted by molar-refractivity contribution is -0.130. The predicted molar refractivity (Wildman–Crippen MR) is 132 cm³/mol. The molecule has 4 rings (SSSR count). The Morgan fingerprint density at radius 1 is 1.00 bits per heavy atom. The summed E-state index contributed by atoms with van der Waals surface area (Å²) < 4.78 is 1.63. The Kier molecular flexibility index (Phi) is 7.19. The fourth-order valence-corrected chi connectivity index (χ4v) is 4.50. The number of thioether (sulfide) groups is 1. The highest BCUT2D eigenvalue weighted by molar-refractivity contribution is 7.99. The fourth-order valence-electron chi connectivity index (χ4n) is 3.62. The lowest BCUT2D eigenvalue weighted by atomic mass is 10.2. The van der Waals surface area contributed by atoms with E-state index < -0.39 is 0 Å². The van der Waals surface area contributed by atoms with E-state index in [0.29, 0.717) is 29.1 Å². The van der Waals surface area contributed by atoms with Gasteiger partial charge in [-0.3, -0.25) is 19.1 Å². The van der Waals surface area contributed by atoms with Crippen molar-refractivity contribution in [1.29, 1.82) is 0 Å². The molecule has 0 spiro atoms. The summed E-state index contributed by atoms with van der Waals surface area (Å²) in [6.07, 6.45) is 3.44. The first-order valence-electron chi connectivity index (χ1n) is 10.9. The van der Waals surface area contributed by atoms with Gasteiger partial charge in [0.25, 0.3) is 5.56 Å². The number of fused-ring (bicyclic) bond motifs is 1. The Bertz CT molecular complexity index is 1290. The van der Waals surface area contributed by atoms with Gasteiger partial charge in [0.2, 0.25) is 5.91 Å². The molecule has 1 amide bonds. The first kappa shape index (κ1) is 22.7. The minimum atomic E-state index is -0.121. The summed E-state index contributed by atoms with van der Waals surface area (Å²) in [4.78, 5) is 37.2. The van der Waals surface area contributed by atoms with E-state index in [1.165, 1.54) is 11.8 Å². The van der Waals surface area contributed by atoms with Gasteiger partial charge >= 0.3 is 0 Å². The third-order valence-electron chi connectivity index (χ3n) is 5.35. The number of hydrogen-bond acceptors (Lipinski definition) is 5. The first-order valence-corrected chi connectivity index (χ1v) is 11.9. The van der Waals surface area contributed by atoms with Gasteiger partial charge in [-0.1, -0.05) is 60.3 Å². The Labute approximate surface area is 197 Å². The van der Waals surface area contributed by atoms with Crippen molar-refractivity contribution >= 4 is 28.6 Å². The van der Waals surface area contributed by atoms with Gasteiger partial charge in [-0.05, 0) is 43.2 Å². The summed E-state index contributed by atoms with van der Waals surface area (Å²) >= 11 is 1.30. The molecule has 33 heavy (non-hydrogen) atoms. The monoisotopic (exact) mass is 458 g/mol. The molecule has 0 unspecified atom stereocenters. The van der Waals surface area contributed by atoms with Gasteiger partial charge in [0.15, 0.2) is 5.16 Å². The van der Waals surface area contributed by atoms with Gasteiger partial charge in [-0.15, -0.1) is 0 Å². The summed E-state index contributed by atoms with van der Waals surface area (Å²) in [7, 11) is 0. The highest BCUT2D eigenvalue weighted by Crippen LogP contribution is 2.20. The molecule has 2 aromatic carbocycles. The van der Waals surface area contributed by atoms with Crippen LogP contribution in [0.3, 0.4) is 0 Å². The zero-order valence-electron chi connectivity index (χ0n) is 18.7. The average molecular weight is 459 g/mol. The molecule has 2 aromatic heterocycles. The average Bonchev–Trinajstić information content (AvgIpc) is 2.84. The molecular weight excluding hydrogens is 432 g/mol. The van der Waals surface area contributed by atoms with E-state index in [4.69, 9.17) is 4.98 Å². The Balaban J connectivity index is 1.61. The van der Waals surface area contributed by atoms with Gasteiger partial charge < -0.3 is 4.90 Å². The number of rotatable bonds is 8. The van der Waals surface area contributed by atoms with Crippen LogP contribution in [0, 0.1) is 0 Å². The summed E-state index contributed by atoms with van der Waals surface area (Å²) in [6, 6.07) is 21.1. The van der Waals surface area contributed by atoms with Gasteiger partial charge in [0, 0.05) is 25.0 Å². The van der Waals surface area contributed by atoms with Crippen molar-refractivity contribution in [2.45, 2.75) is 38.1 Å². The standard InChI is InChI=1S/C26H26N4O2S/c1-19(2)29(16-20-9-4-3-5-10-20)24(31)18-33-26-28-23-13-7-6-12-22(23)25(32)30(26)17-21-11-8-14-27-15-21/h3-15,19H,16-18H2,1-2H3. The Morgan fingerprint density at radius 3 is 2.45 bits per heavy atom. The van der Waals surface area contributed by atoms with Gasteiger partial charge in [-0.25, -0.2) is 4.98 Å². The largest absolute Gasteiger partial charge is 0.335 e. The molecule has 0 aliphatic carbocycles. The second-order valence-corrected chi connectivity index (χ2v) is 9.00. The molecule has 0 aliphatic rings. The molecule has 0 N–H and O–H groups in total. The smallest absolute Gasteiger partial charge is 0.262 e. The molecule has 6 nitrogen and oxygen atoms in total. The molecule has 0 saturated carbocycles. The van der Waals surface area contributed by atoms with Crippen LogP contribution in [0.15, 0.2) is 89.1 Å². The topological polar surface area (TPSA) is 68.1 Å². The van der Waals surface area contributed by atoms with Crippen LogP contribution in [0.4, 0.5) is 0 Å². The fraction of sp³-hybridized carbons (Fsp3) is 0.231. The molecule has 0 bridgehead atoms. The maximum atomic E-state index is 13.3. The maximum absolute atomic E-state index is 13.3. The van der Waals surface area contributed by atoms with Crippen molar-refractivity contribution in [2.24, 2.45) is 0 Å². The second kappa shape index (κ2) is 10.4. The zero-order valence-corrected chi connectivity index (χ0v) is 19.5. The molecule has 0 saturated heterocycles. The number of benzene rings is 2. The van der Waals surface area contributed by atoms with Crippen molar-refractivity contribution < 1.29 is 4.79 Å². The van der Waals surface area contributed by atoms with Crippen molar-refractivity contribution in [3.8, 4) is 0 Å². The van der Waals surface area contributed by atoms with Crippen LogP contribution >= 0.6 is 11.8 Å². The summed E-state index contributed by atoms with van der Waals surface area (Å²) in [5.41, 5.74) is 2.49. The second-order valence-electron chi connectivity index (χ2n) is 8.05. The maximum Gasteiger partial charge on any atom is 0.262 e. The molecule has 0 fully saturated rings. The minimum Gasteiger partial charge on any atom is -0.335 e. The number of carbonyl (C=O) groups excluding carboxylic acids is 1. The van der Waals surface area contributed by atoms with Gasteiger partial charge in [0.1, 0.15) is 0 Å². The van der Waals surface area contributed by atoms with Gasteiger partial charge in [-0.2, -0.15) is 0 Å². The zero-order chi connectivity index (χ0) is 23.2. The number of nitrogens with zero attached hydrogens (tertiary/aromatic N) is 4. The van der Waals surface area contributed by atoms with E-state index >= 15 is 0 Å². The highest BCUT2D eigenvalue weighted by atomic mass is 32.2. The molecule has 2 heterocycles. The molecular formula is C26H26N4O2S. The van der Waals surface area contributed by atoms with E-state index in [1.54, 1.807) is 23.0 Å². The van der Waals surface area contributed by atoms with E-state index in [9.17, 15) is 9.59 Å². The number of pyridine rings is 1. The van der Waals surface area contributed by atoms with Crippen LogP contribution in [0.25, 0.3) is 10.9 Å². The molecule has 7 heteroatoms. The number of carbonyl (C=O) groups is 1. The van der Waals surface area contributed by atoms with Crippen LogP contribution in [0.1, 0.15) is 25.0 Å². The summed E-state index contributed by atoms with van der Waals surface area (Å²) in [6.45, 7) is 4.92. The molecule has 0 radical (unpaired) electrons. The van der Waals surface area contributed by atoms with Gasteiger partial charge in [0.05, 0.1) is 23.2 Å². The van der Waals surface area contributed by atoms with E-state index in [2.05, 4.69) is 4.98 Å². The number of hydrogen-bond donors (Lipinski definition) is 0. The van der Waals surface area contributed by atoms with Crippen LogP contribution < -0.4 is 5.56 Å². The summed E-state index contributed by atoms with van der Waals surface area (Å²) in [5.74, 6) is 0.206. The van der Waals surface area contributed by atoms with E-state index in [1.807, 2.05) is 79.4 Å². The highest BCUT2D eigenvalue weighted by Gasteiger charge is 2.20. The Morgan fingerprint density at radius 2 is 1.73 bits per heavy atom. The predicted octanol–water partition coefficient (Wildman–Crippen LogP) is 4.37. The number of aromatic nitrogens is 3. The first-order chi connectivity index (χ1) is 16.0. The Hall–Kier alpha value is -3.45. The third kappa shape index (κ3) is 5.49.